The van der Waals surface area contributed by atoms with Crippen LogP contribution in [0.25, 0.3) is 0 Å². The van der Waals surface area contributed by atoms with E-state index in [-0.39, 0.29) is 0 Å². The van der Waals surface area contributed by atoms with Crippen LogP contribution in [0.5, 0.6) is 0 Å². The second-order valence-electron chi connectivity index (χ2n) is 4.73. The molecular formula is C11H22N2O3. The van der Waals surface area contributed by atoms with Crippen LogP contribution in [-0.2, 0) is 9.53 Å². The fraction of sp³-hybridized carbons (Fsp3) is 0.909. The summed E-state index contributed by atoms with van der Waals surface area (Å²) in [6.07, 6.45) is 2.89. The first-order valence-electron chi connectivity index (χ1n) is 5.72. The molecule has 5 nitrogen and oxygen atoms in total. The summed E-state index contributed by atoms with van der Waals surface area (Å²) in [6, 6.07) is 0.611. The van der Waals surface area contributed by atoms with Crippen LogP contribution in [0.2, 0.25) is 0 Å². The van der Waals surface area contributed by atoms with Gasteiger partial charge in [-0.1, -0.05) is 0 Å². The van der Waals surface area contributed by atoms with Gasteiger partial charge in [0.1, 0.15) is 5.54 Å². The zero-order chi connectivity index (χ0) is 12.2. The zero-order valence-corrected chi connectivity index (χ0v) is 10.1. The molecule has 0 bridgehead atoms. The van der Waals surface area contributed by atoms with Gasteiger partial charge in [0.2, 0.25) is 0 Å². The first-order chi connectivity index (χ1) is 7.47. The lowest BCUT2D eigenvalue weighted by molar-refractivity contribution is -0.143. The molecule has 1 aliphatic carbocycles. The Labute approximate surface area is 96.6 Å². The Morgan fingerprint density at radius 2 is 2.19 bits per heavy atom. The number of rotatable bonds is 8. The van der Waals surface area contributed by atoms with Crippen molar-refractivity contribution in [2.75, 3.05) is 26.8 Å². The van der Waals surface area contributed by atoms with Gasteiger partial charge < -0.3 is 15.6 Å². The fourth-order valence-electron chi connectivity index (χ4n) is 1.61. The molecule has 5 heteroatoms. The van der Waals surface area contributed by atoms with Crippen molar-refractivity contribution in [1.82, 2.24) is 4.90 Å². The smallest absolute Gasteiger partial charge is 0.323 e. The molecule has 1 atom stereocenters. The van der Waals surface area contributed by atoms with E-state index in [0.717, 1.165) is 13.1 Å². The minimum absolute atomic E-state index is 0.475. The molecule has 1 unspecified atom stereocenters. The summed E-state index contributed by atoms with van der Waals surface area (Å²) in [5, 5.41) is 8.92. The highest BCUT2D eigenvalue weighted by Crippen LogP contribution is 2.27. The summed E-state index contributed by atoms with van der Waals surface area (Å²) in [4.78, 5) is 13.1. The number of nitrogens with zero attached hydrogens (tertiary/aromatic N) is 1. The van der Waals surface area contributed by atoms with Crippen molar-refractivity contribution < 1.29 is 14.6 Å². The lowest BCUT2D eigenvalue weighted by Crippen LogP contribution is -2.47. The standard InChI is InChI=1S/C11H22N2O3/c1-11(12,10(14)15)5-6-13(7-8-16-2)9-3-4-9/h9H,3-8,12H2,1-2H3,(H,14,15). The SMILES string of the molecule is COCCN(CCC(C)(N)C(=O)O)C1CC1. The maximum atomic E-state index is 10.9. The monoisotopic (exact) mass is 230 g/mol. The van der Waals surface area contributed by atoms with Crippen molar-refractivity contribution in [3.05, 3.63) is 0 Å². The van der Waals surface area contributed by atoms with Crippen molar-refractivity contribution in [2.24, 2.45) is 5.73 Å². The van der Waals surface area contributed by atoms with Gasteiger partial charge in [-0.15, -0.1) is 0 Å². The molecule has 0 saturated heterocycles. The molecule has 0 spiro atoms. The van der Waals surface area contributed by atoms with E-state index in [1.807, 2.05) is 0 Å². The van der Waals surface area contributed by atoms with Gasteiger partial charge in [-0.05, 0) is 26.2 Å². The quantitative estimate of drug-likeness (QED) is 0.627. The highest BCUT2D eigenvalue weighted by atomic mass is 16.5. The van der Waals surface area contributed by atoms with Crippen LogP contribution in [0.1, 0.15) is 26.2 Å². The molecule has 0 aliphatic heterocycles. The Kier molecular flexibility index (Phi) is 4.70. The van der Waals surface area contributed by atoms with Crippen molar-refractivity contribution in [2.45, 2.75) is 37.8 Å². The Hall–Kier alpha value is -0.650. The normalized spacial score (nSPS) is 19.8. The van der Waals surface area contributed by atoms with Crippen LogP contribution in [0.4, 0.5) is 0 Å². The Bertz CT molecular complexity index is 239. The van der Waals surface area contributed by atoms with E-state index < -0.39 is 11.5 Å². The van der Waals surface area contributed by atoms with Gasteiger partial charge in [-0.2, -0.15) is 0 Å². The Morgan fingerprint density at radius 1 is 1.56 bits per heavy atom. The van der Waals surface area contributed by atoms with Crippen LogP contribution >= 0.6 is 0 Å². The number of methoxy groups -OCH3 is 1. The van der Waals surface area contributed by atoms with E-state index in [4.69, 9.17) is 15.6 Å². The lowest BCUT2D eigenvalue weighted by Gasteiger charge is -2.26. The predicted octanol–water partition coefficient (Wildman–Crippen LogP) is 0.289. The second-order valence-corrected chi connectivity index (χ2v) is 4.73. The largest absolute Gasteiger partial charge is 0.480 e. The topological polar surface area (TPSA) is 75.8 Å². The summed E-state index contributed by atoms with van der Waals surface area (Å²) in [7, 11) is 1.68. The molecule has 1 aliphatic rings. The average molecular weight is 230 g/mol. The molecule has 1 rings (SSSR count). The maximum absolute atomic E-state index is 10.9. The predicted molar refractivity (Wildman–Crippen MR) is 61.3 cm³/mol. The van der Waals surface area contributed by atoms with Gasteiger partial charge in [0.05, 0.1) is 6.61 Å². The van der Waals surface area contributed by atoms with Crippen molar-refractivity contribution in [3.63, 3.8) is 0 Å². The number of hydrogen-bond donors (Lipinski definition) is 2. The van der Waals surface area contributed by atoms with Gasteiger partial charge in [-0.25, -0.2) is 0 Å². The van der Waals surface area contributed by atoms with Crippen LogP contribution < -0.4 is 5.73 Å². The number of carboxylic acid groups (broad SMARTS) is 1. The minimum atomic E-state index is -1.12. The molecule has 0 radical (unpaired) electrons. The van der Waals surface area contributed by atoms with E-state index in [0.29, 0.717) is 19.1 Å². The van der Waals surface area contributed by atoms with Crippen molar-refractivity contribution >= 4 is 5.97 Å². The number of nitrogens with two attached hydrogens (primary N) is 1. The first kappa shape index (κ1) is 13.4. The molecule has 0 amide bonds. The average Bonchev–Trinajstić information content (AvgIpc) is 3.01. The van der Waals surface area contributed by atoms with Crippen molar-refractivity contribution in [3.8, 4) is 0 Å². The summed E-state index contributed by atoms with van der Waals surface area (Å²) in [5.41, 5.74) is 4.57. The number of carboxylic acids is 1. The molecule has 3 N–H and O–H groups in total. The third kappa shape index (κ3) is 4.08. The number of carbonyl (C=O) groups is 1. The Balaban J connectivity index is 2.34. The molecule has 1 saturated carbocycles. The molecule has 1 fully saturated rings. The molecular weight excluding hydrogens is 208 g/mol. The van der Waals surface area contributed by atoms with E-state index in [2.05, 4.69) is 4.90 Å². The molecule has 16 heavy (non-hydrogen) atoms. The summed E-state index contributed by atoms with van der Waals surface area (Å²) >= 11 is 0. The summed E-state index contributed by atoms with van der Waals surface area (Å²) < 4.78 is 5.04. The van der Waals surface area contributed by atoms with Crippen LogP contribution in [0, 0.1) is 0 Å². The van der Waals surface area contributed by atoms with Gasteiger partial charge in [-0.3, -0.25) is 9.69 Å². The Morgan fingerprint density at radius 3 is 2.62 bits per heavy atom. The van der Waals surface area contributed by atoms with Crippen LogP contribution in [-0.4, -0.2) is 54.4 Å². The van der Waals surface area contributed by atoms with E-state index >= 15 is 0 Å². The fourth-order valence-corrected chi connectivity index (χ4v) is 1.61. The highest BCUT2D eigenvalue weighted by Gasteiger charge is 2.32. The molecule has 94 valence electrons. The third-order valence-electron chi connectivity index (χ3n) is 3.05. The number of ether oxygens (including phenoxy) is 1. The van der Waals surface area contributed by atoms with Crippen LogP contribution in [0.15, 0.2) is 0 Å². The number of hydrogen-bond acceptors (Lipinski definition) is 4. The highest BCUT2D eigenvalue weighted by molar-refractivity contribution is 5.77. The lowest BCUT2D eigenvalue weighted by atomic mass is 9.99. The van der Waals surface area contributed by atoms with E-state index in [1.54, 1.807) is 14.0 Å². The van der Waals surface area contributed by atoms with Gasteiger partial charge in [0.25, 0.3) is 0 Å². The second kappa shape index (κ2) is 5.61. The molecule has 0 aromatic heterocycles. The van der Waals surface area contributed by atoms with Crippen LogP contribution in [0.3, 0.4) is 0 Å². The van der Waals surface area contributed by atoms with Gasteiger partial charge in [0.15, 0.2) is 0 Å². The molecule has 0 aromatic rings. The first-order valence-corrected chi connectivity index (χ1v) is 5.72. The maximum Gasteiger partial charge on any atom is 0.323 e. The van der Waals surface area contributed by atoms with E-state index in [9.17, 15) is 4.79 Å². The zero-order valence-electron chi connectivity index (χ0n) is 10.1. The van der Waals surface area contributed by atoms with Gasteiger partial charge in [0, 0.05) is 26.2 Å². The molecule has 0 heterocycles. The van der Waals surface area contributed by atoms with E-state index in [1.165, 1.54) is 12.8 Å². The third-order valence-corrected chi connectivity index (χ3v) is 3.05. The number of aliphatic carboxylic acids is 1. The van der Waals surface area contributed by atoms with Crippen molar-refractivity contribution in [1.29, 1.82) is 0 Å². The minimum Gasteiger partial charge on any atom is -0.480 e. The summed E-state index contributed by atoms with van der Waals surface area (Å²) in [6.45, 7) is 3.84. The summed E-state index contributed by atoms with van der Waals surface area (Å²) in [5.74, 6) is -0.935. The molecule has 0 aromatic carbocycles. The van der Waals surface area contributed by atoms with Gasteiger partial charge >= 0.3 is 5.97 Å².